The topological polar surface area (TPSA) is 43.8 Å². The lowest BCUT2D eigenvalue weighted by atomic mass is 10.00. The molecule has 3 rings (SSSR count). The summed E-state index contributed by atoms with van der Waals surface area (Å²) in [4.78, 5) is 16.8. The molecule has 1 unspecified atom stereocenters. The molecule has 28 heavy (non-hydrogen) atoms. The van der Waals surface area contributed by atoms with E-state index in [-0.39, 0.29) is 11.9 Å². The number of carbonyl (C=O) groups is 1. The zero-order chi connectivity index (χ0) is 20.0. The average Bonchev–Trinajstić information content (AvgIpc) is 2.94. The first kappa shape index (κ1) is 20.3. The van der Waals surface area contributed by atoms with Gasteiger partial charge >= 0.3 is 0 Å². The first-order chi connectivity index (χ1) is 13.5. The van der Waals surface area contributed by atoms with Gasteiger partial charge in [-0.05, 0) is 30.4 Å². The van der Waals surface area contributed by atoms with Crippen LogP contribution >= 0.6 is 0 Å². The summed E-state index contributed by atoms with van der Waals surface area (Å²) >= 11 is 0. The number of nitrogens with zero attached hydrogens (tertiary/aromatic N) is 2. The SMILES string of the molecule is C=CCCCC1(O)C[C@H](N(Cc2ccccc2)Cc2ccccc2)C(=O)N1C. The third-order valence-electron chi connectivity index (χ3n) is 5.64. The Morgan fingerprint density at radius 3 is 2.14 bits per heavy atom. The predicted octanol–water partition coefficient (Wildman–Crippen LogP) is 3.96. The normalized spacial score (nSPS) is 22.0. The monoisotopic (exact) mass is 378 g/mol. The molecule has 1 aliphatic rings. The van der Waals surface area contributed by atoms with Crippen molar-refractivity contribution in [2.24, 2.45) is 0 Å². The standard InChI is InChI=1S/C24H30N2O2/c1-3-4-11-16-24(28)17-22(23(27)25(24)2)26(18-20-12-7-5-8-13-20)19-21-14-9-6-10-15-21/h3,5-10,12-15,22,28H,1,4,11,16-19H2,2H3/t22-,24?/m0/s1. The summed E-state index contributed by atoms with van der Waals surface area (Å²) in [6, 6.07) is 20.1. The van der Waals surface area contributed by atoms with E-state index in [0.29, 0.717) is 25.9 Å². The lowest BCUT2D eigenvalue weighted by molar-refractivity contribution is -0.143. The van der Waals surface area contributed by atoms with E-state index in [1.807, 2.05) is 42.5 Å². The van der Waals surface area contributed by atoms with Crippen LogP contribution in [-0.2, 0) is 17.9 Å². The van der Waals surface area contributed by atoms with Gasteiger partial charge in [-0.25, -0.2) is 0 Å². The third-order valence-corrected chi connectivity index (χ3v) is 5.64. The van der Waals surface area contributed by atoms with Crippen LogP contribution in [0.3, 0.4) is 0 Å². The average molecular weight is 379 g/mol. The Bertz CT molecular complexity index is 736. The van der Waals surface area contributed by atoms with E-state index in [1.165, 1.54) is 0 Å². The highest BCUT2D eigenvalue weighted by Gasteiger charge is 2.49. The molecule has 1 saturated heterocycles. The molecule has 0 bridgehead atoms. The zero-order valence-corrected chi connectivity index (χ0v) is 16.6. The molecule has 148 valence electrons. The minimum atomic E-state index is -1.09. The van der Waals surface area contributed by atoms with Gasteiger partial charge < -0.3 is 10.0 Å². The van der Waals surface area contributed by atoms with Crippen LogP contribution in [0.1, 0.15) is 36.8 Å². The Hall–Kier alpha value is -2.43. The fraction of sp³-hybridized carbons (Fsp3) is 0.375. The van der Waals surface area contributed by atoms with Crippen LogP contribution in [0.25, 0.3) is 0 Å². The maximum atomic E-state index is 13.1. The summed E-state index contributed by atoms with van der Waals surface area (Å²) in [6.07, 6.45) is 4.52. The van der Waals surface area contributed by atoms with Gasteiger partial charge in [0.1, 0.15) is 5.72 Å². The Balaban J connectivity index is 1.82. The minimum Gasteiger partial charge on any atom is -0.371 e. The van der Waals surface area contributed by atoms with Gasteiger partial charge in [-0.1, -0.05) is 66.7 Å². The molecule has 0 aromatic heterocycles. The van der Waals surface area contributed by atoms with E-state index in [9.17, 15) is 9.90 Å². The molecular formula is C24H30N2O2. The molecule has 0 radical (unpaired) electrons. The number of rotatable bonds is 9. The summed E-state index contributed by atoms with van der Waals surface area (Å²) in [6.45, 7) is 5.09. The number of likely N-dealkylation sites (N-methyl/N-ethyl adjacent to an activating group) is 1. The van der Waals surface area contributed by atoms with Crippen molar-refractivity contribution in [2.75, 3.05) is 7.05 Å². The zero-order valence-electron chi connectivity index (χ0n) is 16.6. The Labute approximate surface area is 168 Å². The van der Waals surface area contributed by atoms with Gasteiger partial charge in [0.2, 0.25) is 5.91 Å². The van der Waals surface area contributed by atoms with Gasteiger partial charge in [0.25, 0.3) is 0 Å². The Morgan fingerprint density at radius 1 is 1.11 bits per heavy atom. The molecule has 0 spiro atoms. The number of benzene rings is 2. The lowest BCUT2D eigenvalue weighted by Gasteiger charge is -2.30. The molecule has 0 saturated carbocycles. The number of allylic oxidation sites excluding steroid dienone is 1. The number of hydrogen-bond acceptors (Lipinski definition) is 3. The molecule has 2 aromatic rings. The maximum Gasteiger partial charge on any atom is 0.242 e. The van der Waals surface area contributed by atoms with Crippen LogP contribution in [-0.4, -0.2) is 39.6 Å². The van der Waals surface area contributed by atoms with Crippen LogP contribution in [0.2, 0.25) is 0 Å². The van der Waals surface area contributed by atoms with Crippen LogP contribution in [0.4, 0.5) is 0 Å². The molecule has 1 aliphatic heterocycles. The largest absolute Gasteiger partial charge is 0.371 e. The molecule has 1 amide bonds. The molecule has 0 aliphatic carbocycles. The van der Waals surface area contributed by atoms with Crippen molar-refractivity contribution in [3.8, 4) is 0 Å². The summed E-state index contributed by atoms with van der Waals surface area (Å²) < 4.78 is 0. The van der Waals surface area contributed by atoms with Crippen LogP contribution in [0.15, 0.2) is 73.3 Å². The highest BCUT2D eigenvalue weighted by atomic mass is 16.3. The van der Waals surface area contributed by atoms with Crippen LogP contribution in [0, 0.1) is 0 Å². The van der Waals surface area contributed by atoms with Crippen molar-refractivity contribution in [1.82, 2.24) is 9.80 Å². The van der Waals surface area contributed by atoms with Crippen molar-refractivity contribution < 1.29 is 9.90 Å². The van der Waals surface area contributed by atoms with Crippen molar-refractivity contribution >= 4 is 5.91 Å². The van der Waals surface area contributed by atoms with E-state index in [2.05, 4.69) is 35.7 Å². The molecule has 1 heterocycles. The molecule has 1 fully saturated rings. The van der Waals surface area contributed by atoms with Gasteiger partial charge in [-0.3, -0.25) is 9.69 Å². The second kappa shape index (κ2) is 9.18. The van der Waals surface area contributed by atoms with Gasteiger partial charge in [0.05, 0.1) is 6.04 Å². The van der Waals surface area contributed by atoms with E-state index >= 15 is 0 Å². The van der Waals surface area contributed by atoms with Gasteiger partial charge in [-0.2, -0.15) is 0 Å². The molecule has 1 N–H and O–H groups in total. The van der Waals surface area contributed by atoms with Crippen LogP contribution in [0.5, 0.6) is 0 Å². The third kappa shape index (κ3) is 4.70. The fourth-order valence-electron chi connectivity index (χ4n) is 3.96. The second-order valence-corrected chi connectivity index (χ2v) is 7.66. The van der Waals surface area contributed by atoms with Gasteiger partial charge in [0, 0.05) is 26.6 Å². The highest BCUT2D eigenvalue weighted by Crippen LogP contribution is 2.35. The smallest absolute Gasteiger partial charge is 0.242 e. The fourth-order valence-corrected chi connectivity index (χ4v) is 3.96. The van der Waals surface area contributed by atoms with Crippen molar-refractivity contribution in [2.45, 2.75) is 50.5 Å². The van der Waals surface area contributed by atoms with E-state index < -0.39 is 5.72 Å². The second-order valence-electron chi connectivity index (χ2n) is 7.66. The summed E-state index contributed by atoms with van der Waals surface area (Å²) in [7, 11) is 1.72. The maximum absolute atomic E-state index is 13.1. The molecule has 2 atom stereocenters. The number of aliphatic hydroxyl groups is 1. The Morgan fingerprint density at radius 2 is 1.64 bits per heavy atom. The van der Waals surface area contributed by atoms with E-state index in [4.69, 9.17) is 0 Å². The summed E-state index contributed by atoms with van der Waals surface area (Å²) in [5.41, 5.74) is 1.24. The molecule has 4 nitrogen and oxygen atoms in total. The highest BCUT2D eigenvalue weighted by molar-refractivity contribution is 5.84. The Kier molecular flexibility index (Phi) is 6.65. The van der Waals surface area contributed by atoms with Crippen LogP contribution < -0.4 is 0 Å². The number of amides is 1. The quantitative estimate of drug-likeness (QED) is 0.530. The minimum absolute atomic E-state index is 0.00651. The predicted molar refractivity (Wildman–Crippen MR) is 112 cm³/mol. The number of unbranched alkanes of at least 4 members (excludes halogenated alkanes) is 1. The molecular weight excluding hydrogens is 348 g/mol. The first-order valence-electron chi connectivity index (χ1n) is 9.96. The number of hydrogen-bond donors (Lipinski definition) is 1. The van der Waals surface area contributed by atoms with Gasteiger partial charge in [-0.15, -0.1) is 6.58 Å². The van der Waals surface area contributed by atoms with Crippen molar-refractivity contribution in [3.63, 3.8) is 0 Å². The van der Waals surface area contributed by atoms with Crippen molar-refractivity contribution in [3.05, 3.63) is 84.4 Å². The molecule has 2 aromatic carbocycles. The van der Waals surface area contributed by atoms with Crippen molar-refractivity contribution in [1.29, 1.82) is 0 Å². The first-order valence-corrected chi connectivity index (χ1v) is 9.96. The van der Waals surface area contributed by atoms with E-state index in [0.717, 1.165) is 24.0 Å². The lowest BCUT2D eigenvalue weighted by Crippen LogP contribution is -2.43. The summed E-state index contributed by atoms with van der Waals surface area (Å²) in [5.74, 6) is -0.00651. The number of carbonyl (C=O) groups excluding carboxylic acids is 1. The van der Waals surface area contributed by atoms with E-state index in [1.54, 1.807) is 11.9 Å². The summed E-state index contributed by atoms with van der Waals surface area (Å²) in [5, 5.41) is 11.2. The van der Waals surface area contributed by atoms with Gasteiger partial charge in [0.15, 0.2) is 0 Å². The number of likely N-dealkylation sites (tertiary alicyclic amines) is 1. The molecule has 4 heteroatoms.